The van der Waals surface area contributed by atoms with Gasteiger partial charge >= 0.3 is 0 Å². The van der Waals surface area contributed by atoms with Crippen LogP contribution in [0.3, 0.4) is 0 Å². The molecule has 1 saturated heterocycles. The number of ether oxygens (including phenoxy) is 2. The number of hydrogen-bond acceptors (Lipinski definition) is 3. The van der Waals surface area contributed by atoms with E-state index in [9.17, 15) is 0 Å². The summed E-state index contributed by atoms with van der Waals surface area (Å²) in [5.74, 6) is 0. The van der Waals surface area contributed by atoms with Gasteiger partial charge in [0, 0.05) is 25.0 Å². The van der Waals surface area contributed by atoms with Crippen molar-refractivity contribution in [2.75, 3.05) is 13.2 Å². The Morgan fingerprint density at radius 3 is 2.46 bits per heavy atom. The molecule has 0 radical (unpaired) electrons. The van der Waals surface area contributed by atoms with E-state index >= 15 is 0 Å². The molecule has 0 aromatic carbocycles. The van der Waals surface area contributed by atoms with Crippen molar-refractivity contribution in [1.29, 1.82) is 0 Å². The molecule has 4 heteroatoms. The lowest BCUT2D eigenvalue weighted by Crippen LogP contribution is -2.41. The van der Waals surface area contributed by atoms with Crippen LogP contribution in [-0.2, 0) is 13.9 Å². The molecule has 1 unspecified atom stereocenters. The average Bonchev–Trinajstić information content (AvgIpc) is 2.80. The van der Waals surface area contributed by atoms with E-state index in [0.717, 1.165) is 45.3 Å². The molecular weight excluding hydrogens is 316 g/mol. The number of hydrogen-bond donors (Lipinski definition) is 0. The Balaban J connectivity index is 2.44. The first-order valence-electron chi connectivity index (χ1n) is 9.60. The van der Waals surface area contributed by atoms with Crippen molar-refractivity contribution in [2.24, 2.45) is 5.41 Å². The summed E-state index contributed by atoms with van der Waals surface area (Å²) in [6.07, 6.45) is 7.35. The minimum Gasteiger partial charge on any atom is -0.417 e. The quantitative estimate of drug-likeness (QED) is 0.276. The summed E-state index contributed by atoms with van der Waals surface area (Å²) in [5, 5.41) is 0.269. The molecule has 24 heavy (non-hydrogen) atoms. The fourth-order valence-corrected chi connectivity index (χ4v) is 3.85. The zero-order chi connectivity index (χ0) is 18.4. The van der Waals surface area contributed by atoms with Crippen molar-refractivity contribution in [2.45, 2.75) is 97.2 Å². The first-order valence-corrected chi connectivity index (χ1v) is 12.5. The van der Waals surface area contributed by atoms with Crippen LogP contribution in [-0.4, -0.2) is 33.9 Å². The van der Waals surface area contributed by atoms with Crippen LogP contribution in [0, 0.1) is 5.41 Å². The fraction of sp³-hybridized carbons (Fsp3) is 0.900. The highest BCUT2D eigenvalue weighted by Gasteiger charge is 2.43. The summed E-state index contributed by atoms with van der Waals surface area (Å²) < 4.78 is 18.3. The Bertz CT molecular complexity index is 389. The summed E-state index contributed by atoms with van der Waals surface area (Å²) in [4.78, 5) is 0. The fourth-order valence-electron chi connectivity index (χ4n) is 2.76. The molecule has 0 saturated carbocycles. The molecule has 0 spiro atoms. The maximum absolute atomic E-state index is 6.29. The predicted molar refractivity (Wildman–Crippen MR) is 105 cm³/mol. The van der Waals surface area contributed by atoms with E-state index in [1.54, 1.807) is 0 Å². The first-order chi connectivity index (χ1) is 11.1. The molecule has 1 aliphatic heterocycles. The van der Waals surface area contributed by atoms with Crippen LogP contribution in [0.4, 0.5) is 0 Å². The molecule has 1 fully saturated rings. The van der Waals surface area contributed by atoms with Gasteiger partial charge in [-0.1, -0.05) is 47.1 Å². The lowest BCUT2D eigenvalue weighted by atomic mass is 9.81. The summed E-state index contributed by atoms with van der Waals surface area (Å²) in [7, 11) is -1.65. The van der Waals surface area contributed by atoms with Crippen molar-refractivity contribution in [3.8, 4) is 0 Å². The zero-order valence-electron chi connectivity index (χ0n) is 17.1. The predicted octanol–water partition coefficient (Wildman–Crippen LogP) is 5.91. The van der Waals surface area contributed by atoms with Gasteiger partial charge in [-0.15, -0.1) is 6.58 Å². The number of rotatable bonds is 10. The van der Waals surface area contributed by atoms with Crippen molar-refractivity contribution in [3.05, 3.63) is 12.7 Å². The van der Waals surface area contributed by atoms with E-state index in [4.69, 9.17) is 13.9 Å². The molecule has 1 rings (SSSR count). The summed E-state index contributed by atoms with van der Waals surface area (Å²) in [6, 6.07) is 0. The van der Waals surface area contributed by atoms with Gasteiger partial charge in [-0.2, -0.15) is 0 Å². The van der Waals surface area contributed by atoms with Gasteiger partial charge in [-0.05, 0) is 37.4 Å². The maximum Gasteiger partial charge on any atom is 0.191 e. The van der Waals surface area contributed by atoms with Crippen molar-refractivity contribution < 1.29 is 13.9 Å². The Morgan fingerprint density at radius 2 is 1.92 bits per heavy atom. The second-order valence-corrected chi connectivity index (χ2v) is 13.8. The zero-order valence-corrected chi connectivity index (χ0v) is 18.1. The summed E-state index contributed by atoms with van der Waals surface area (Å²) in [5.41, 5.74) is 0.00779. The van der Waals surface area contributed by atoms with Crippen molar-refractivity contribution in [3.63, 3.8) is 0 Å². The summed E-state index contributed by atoms with van der Waals surface area (Å²) >= 11 is 0. The lowest BCUT2D eigenvalue weighted by Gasteiger charge is -2.36. The van der Waals surface area contributed by atoms with Crippen LogP contribution in [0.15, 0.2) is 12.7 Å². The van der Waals surface area contributed by atoms with E-state index in [2.05, 4.69) is 60.4 Å². The third kappa shape index (κ3) is 5.97. The van der Waals surface area contributed by atoms with Gasteiger partial charge in [0.25, 0.3) is 0 Å². The monoisotopic (exact) mass is 356 g/mol. The normalized spacial score (nSPS) is 28.3. The molecule has 0 aromatic heterocycles. The van der Waals surface area contributed by atoms with E-state index in [0.29, 0.717) is 0 Å². The molecule has 0 amide bonds. The molecule has 0 aromatic rings. The van der Waals surface area contributed by atoms with Crippen LogP contribution >= 0.6 is 0 Å². The van der Waals surface area contributed by atoms with Gasteiger partial charge in [0.2, 0.25) is 0 Å². The standard InChI is InChI=1S/C20H40O3Si/c1-9-11-14-21-18-16-20(6,10-2)17(23-18)13-12-15-22-24(7,8)19(3,4)5/h10,17-18H,2,9,11-16H2,1,3-8H3/t17-,18?,20+/m0/s1. The number of unbranched alkanes of at least 4 members (excludes halogenated alkanes) is 1. The van der Waals surface area contributed by atoms with Gasteiger partial charge in [0.15, 0.2) is 14.6 Å². The Labute approximate surface area is 151 Å². The molecule has 1 aliphatic rings. The Kier molecular flexibility index (Phi) is 8.18. The Morgan fingerprint density at radius 1 is 1.25 bits per heavy atom. The van der Waals surface area contributed by atoms with E-state index in [1.807, 2.05) is 0 Å². The maximum atomic E-state index is 6.29. The molecule has 0 bridgehead atoms. The lowest BCUT2D eigenvalue weighted by molar-refractivity contribution is -0.137. The molecule has 1 heterocycles. The smallest absolute Gasteiger partial charge is 0.191 e. The molecule has 142 valence electrons. The van der Waals surface area contributed by atoms with Gasteiger partial charge in [-0.3, -0.25) is 0 Å². The van der Waals surface area contributed by atoms with Crippen LogP contribution in [0.25, 0.3) is 0 Å². The van der Waals surface area contributed by atoms with Crippen LogP contribution in [0.2, 0.25) is 18.1 Å². The van der Waals surface area contributed by atoms with Gasteiger partial charge in [0.1, 0.15) is 0 Å². The molecular formula is C20H40O3Si. The second kappa shape index (κ2) is 8.97. The molecule has 0 aliphatic carbocycles. The van der Waals surface area contributed by atoms with Crippen molar-refractivity contribution in [1.82, 2.24) is 0 Å². The molecule has 0 N–H and O–H groups in total. The van der Waals surface area contributed by atoms with Gasteiger partial charge in [-0.25, -0.2) is 0 Å². The second-order valence-electron chi connectivity index (χ2n) is 8.94. The van der Waals surface area contributed by atoms with E-state index < -0.39 is 8.32 Å². The highest BCUT2D eigenvalue weighted by atomic mass is 28.4. The summed E-state index contributed by atoms with van der Waals surface area (Å²) in [6.45, 7) is 21.5. The topological polar surface area (TPSA) is 27.7 Å². The molecule has 3 atom stereocenters. The van der Waals surface area contributed by atoms with Gasteiger partial charge < -0.3 is 13.9 Å². The van der Waals surface area contributed by atoms with Crippen molar-refractivity contribution >= 4 is 8.32 Å². The van der Waals surface area contributed by atoms with Crippen LogP contribution < -0.4 is 0 Å². The minimum atomic E-state index is -1.65. The van der Waals surface area contributed by atoms with E-state index in [1.165, 1.54) is 0 Å². The third-order valence-corrected chi connectivity index (χ3v) is 10.3. The van der Waals surface area contributed by atoms with Gasteiger partial charge in [0.05, 0.1) is 6.10 Å². The minimum absolute atomic E-state index is 0.00779. The van der Waals surface area contributed by atoms with E-state index in [-0.39, 0.29) is 22.8 Å². The first kappa shape index (κ1) is 21.9. The average molecular weight is 357 g/mol. The van der Waals surface area contributed by atoms with Crippen LogP contribution in [0.1, 0.15) is 66.7 Å². The largest absolute Gasteiger partial charge is 0.417 e. The highest BCUT2D eigenvalue weighted by Crippen LogP contribution is 2.42. The molecule has 3 nitrogen and oxygen atoms in total. The third-order valence-electron chi connectivity index (χ3n) is 5.81. The Hall–Kier alpha value is -0.163. The van der Waals surface area contributed by atoms with Crippen LogP contribution in [0.5, 0.6) is 0 Å². The highest BCUT2D eigenvalue weighted by molar-refractivity contribution is 6.74. The SMILES string of the molecule is C=C[C@]1(C)CC(OCCCC)O[C@H]1CCCO[Si](C)(C)C(C)(C)C.